The van der Waals surface area contributed by atoms with Gasteiger partial charge in [-0.05, 0) is 49.2 Å². The van der Waals surface area contributed by atoms with Gasteiger partial charge in [-0.25, -0.2) is 19.0 Å². The van der Waals surface area contributed by atoms with Gasteiger partial charge in [-0.3, -0.25) is 9.48 Å². The van der Waals surface area contributed by atoms with Gasteiger partial charge in [-0.15, -0.1) is 0 Å². The van der Waals surface area contributed by atoms with Crippen LogP contribution in [0.4, 0.5) is 16.0 Å². The first-order valence-electron chi connectivity index (χ1n) is 10.9. The van der Waals surface area contributed by atoms with E-state index in [1.165, 1.54) is 12.1 Å². The van der Waals surface area contributed by atoms with E-state index in [0.29, 0.717) is 31.0 Å². The number of aromatic nitrogens is 4. The van der Waals surface area contributed by atoms with Crippen LogP contribution in [0.3, 0.4) is 0 Å². The summed E-state index contributed by atoms with van der Waals surface area (Å²) in [4.78, 5) is 24.7. The van der Waals surface area contributed by atoms with Crippen molar-refractivity contribution >= 4 is 11.6 Å². The minimum Gasteiger partial charge on any atom is -0.311 e. The quantitative estimate of drug-likeness (QED) is 0.456. The van der Waals surface area contributed by atoms with Crippen LogP contribution in [0.15, 0.2) is 71.7 Å². The van der Waals surface area contributed by atoms with Crippen molar-refractivity contribution in [2.24, 2.45) is 0 Å². The summed E-state index contributed by atoms with van der Waals surface area (Å²) >= 11 is 0. The summed E-state index contributed by atoms with van der Waals surface area (Å²) in [7, 11) is 0. The SMILES string of the molecule is CCN(c1ccccc1)c1nccc(-c2c(Cc3ccc(F)cc3)c(=O)n3n2CCC3)n1. The molecule has 0 atom stereocenters. The second kappa shape index (κ2) is 8.42. The molecule has 4 aromatic rings. The first kappa shape index (κ1) is 20.2. The summed E-state index contributed by atoms with van der Waals surface area (Å²) < 4.78 is 17.2. The van der Waals surface area contributed by atoms with Crippen LogP contribution < -0.4 is 10.5 Å². The lowest BCUT2D eigenvalue weighted by atomic mass is 10.0. The average Bonchev–Trinajstić information content (AvgIpc) is 3.39. The summed E-state index contributed by atoms with van der Waals surface area (Å²) in [5.74, 6) is 0.306. The molecule has 162 valence electrons. The smallest absolute Gasteiger partial charge is 0.270 e. The Morgan fingerprint density at radius 3 is 2.50 bits per heavy atom. The van der Waals surface area contributed by atoms with Gasteiger partial charge in [0.25, 0.3) is 5.56 Å². The Kier molecular flexibility index (Phi) is 5.31. The molecule has 1 aliphatic heterocycles. The van der Waals surface area contributed by atoms with Gasteiger partial charge < -0.3 is 4.90 Å². The van der Waals surface area contributed by atoms with Gasteiger partial charge in [0, 0.05) is 37.9 Å². The van der Waals surface area contributed by atoms with Crippen LogP contribution in [0.25, 0.3) is 11.4 Å². The maximum absolute atomic E-state index is 13.4. The molecule has 5 rings (SSSR count). The summed E-state index contributed by atoms with van der Waals surface area (Å²) in [6.45, 7) is 4.23. The van der Waals surface area contributed by atoms with Crippen molar-refractivity contribution in [2.45, 2.75) is 32.9 Å². The van der Waals surface area contributed by atoms with Crippen molar-refractivity contribution in [2.75, 3.05) is 11.4 Å². The molecule has 0 saturated heterocycles. The Balaban J connectivity index is 1.61. The molecule has 2 aromatic carbocycles. The van der Waals surface area contributed by atoms with Crippen molar-refractivity contribution < 1.29 is 4.39 Å². The summed E-state index contributed by atoms with van der Waals surface area (Å²) in [5.41, 5.74) is 4.13. The zero-order valence-electron chi connectivity index (χ0n) is 17.9. The third kappa shape index (κ3) is 3.60. The minimum absolute atomic E-state index is 0.00241. The molecule has 0 unspecified atom stereocenters. The number of anilines is 2. The third-order valence-electron chi connectivity index (χ3n) is 5.87. The molecule has 0 amide bonds. The first-order valence-corrected chi connectivity index (χ1v) is 10.9. The van der Waals surface area contributed by atoms with Crippen molar-refractivity contribution in [3.63, 3.8) is 0 Å². The number of rotatable bonds is 6. The van der Waals surface area contributed by atoms with Crippen LogP contribution in [0, 0.1) is 5.82 Å². The maximum atomic E-state index is 13.4. The molecule has 32 heavy (non-hydrogen) atoms. The number of fused-ring (bicyclic) bond motifs is 1. The number of benzene rings is 2. The van der Waals surface area contributed by atoms with Crippen LogP contribution >= 0.6 is 0 Å². The molecule has 0 N–H and O–H groups in total. The highest BCUT2D eigenvalue weighted by atomic mass is 19.1. The Hall–Kier alpha value is -3.74. The molecule has 2 aromatic heterocycles. The Bertz CT molecular complexity index is 1290. The van der Waals surface area contributed by atoms with Crippen LogP contribution in [0.5, 0.6) is 0 Å². The fourth-order valence-electron chi connectivity index (χ4n) is 4.38. The van der Waals surface area contributed by atoms with E-state index in [-0.39, 0.29) is 11.4 Å². The molecule has 0 radical (unpaired) electrons. The monoisotopic (exact) mass is 429 g/mol. The normalized spacial score (nSPS) is 12.7. The van der Waals surface area contributed by atoms with Crippen LogP contribution in [-0.4, -0.2) is 25.9 Å². The number of nitrogens with zero attached hydrogens (tertiary/aromatic N) is 5. The zero-order valence-corrected chi connectivity index (χ0v) is 17.9. The molecular weight excluding hydrogens is 405 g/mol. The van der Waals surface area contributed by atoms with Crippen LogP contribution in [0.2, 0.25) is 0 Å². The average molecular weight is 429 g/mol. The van der Waals surface area contributed by atoms with Gasteiger partial charge >= 0.3 is 0 Å². The van der Waals surface area contributed by atoms with Gasteiger partial charge in [0.05, 0.1) is 17.0 Å². The molecule has 0 aliphatic carbocycles. The second-order valence-electron chi connectivity index (χ2n) is 7.86. The highest BCUT2D eigenvalue weighted by Gasteiger charge is 2.26. The van der Waals surface area contributed by atoms with Gasteiger partial charge in [-0.1, -0.05) is 30.3 Å². The van der Waals surface area contributed by atoms with Gasteiger partial charge in [0.2, 0.25) is 5.95 Å². The number of halogens is 1. The third-order valence-corrected chi connectivity index (χ3v) is 5.87. The highest BCUT2D eigenvalue weighted by molar-refractivity contribution is 5.64. The molecule has 0 spiro atoms. The van der Waals surface area contributed by atoms with Crippen molar-refractivity contribution in [3.8, 4) is 11.4 Å². The molecule has 6 nitrogen and oxygen atoms in total. The standard InChI is InChI=1S/C25H24FN5O/c1-2-29(20-7-4-3-5-8-20)25-27-14-13-22(28-25)23-21(17-18-9-11-19(26)12-10-18)24(32)31-16-6-15-30(23)31/h3-5,7-14H,2,6,15-17H2,1H3. The van der Waals surface area contributed by atoms with E-state index in [1.807, 2.05) is 46.0 Å². The second-order valence-corrected chi connectivity index (χ2v) is 7.86. The van der Waals surface area contributed by atoms with Crippen LogP contribution in [-0.2, 0) is 19.5 Å². The Morgan fingerprint density at radius 2 is 1.75 bits per heavy atom. The minimum atomic E-state index is -0.286. The van der Waals surface area contributed by atoms with Crippen molar-refractivity contribution in [1.82, 2.24) is 19.3 Å². The van der Waals surface area contributed by atoms with Gasteiger partial charge in [-0.2, -0.15) is 0 Å². The Labute approximate surface area is 185 Å². The van der Waals surface area contributed by atoms with Crippen molar-refractivity contribution in [3.05, 3.63) is 94.2 Å². The number of hydrogen-bond donors (Lipinski definition) is 0. The number of hydrogen-bond acceptors (Lipinski definition) is 4. The lowest BCUT2D eigenvalue weighted by molar-refractivity contribution is 0.598. The van der Waals surface area contributed by atoms with E-state index in [9.17, 15) is 9.18 Å². The zero-order chi connectivity index (χ0) is 22.1. The van der Waals surface area contributed by atoms with E-state index in [1.54, 1.807) is 23.0 Å². The maximum Gasteiger partial charge on any atom is 0.270 e. The topological polar surface area (TPSA) is 56.0 Å². The molecule has 1 aliphatic rings. The van der Waals surface area contributed by atoms with Gasteiger partial charge in [0.1, 0.15) is 5.82 Å². The lowest BCUT2D eigenvalue weighted by Gasteiger charge is -2.21. The largest absolute Gasteiger partial charge is 0.311 e. The van der Waals surface area contributed by atoms with E-state index >= 15 is 0 Å². The van der Waals surface area contributed by atoms with Gasteiger partial charge in [0.15, 0.2) is 0 Å². The number of para-hydroxylation sites is 1. The predicted octanol–water partition coefficient (Wildman–Crippen LogP) is 4.40. The Morgan fingerprint density at radius 1 is 1.00 bits per heavy atom. The van der Waals surface area contributed by atoms with E-state index in [2.05, 4.69) is 11.9 Å². The first-order chi connectivity index (χ1) is 15.7. The summed E-state index contributed by atoms with van der Waals surface area (Å²) in [5, 5.41) is 0. The van der Waals surface area contributed by atoms with E-state index < -0.39 is 0 Å². The fraction of sp³-hybridized carbons (Fsp3) is 0.240. The fourth-order valence-corrected chi connectivity index (χ4v) is 4.38. The summed E-state index contributed by atoms with van der Waals surface area (Å²) in [6, 6.07) is 18.2. The molecule has 0 fully saturated rings. The molecule has 0 bridgehead atoms. The molecule has 0 saturated carbocycles. The van der Waals surface area contributed by atoms with E-state index in [0.717, 1.165) is 35.6 Å². The molecular formula is C25H24FN5O. The van der Waals surface area contributed by atoms with E-state index in [4.69, 9.17) is 4.98 Å². The molecule has 3 heterocycles. The summed E-state index contributed by atoms with van der Waals surface area (Å²) in [6.07, 6.45) is 3.09. The lowest BCUT2D eigenvalue weighted by Crippen LogP contribution is -2.19. The predicted molar refractivity (Wildman–Crippen MR) is 123 cm³/mol. The molecule has 7 heteroatoms. The van der Waals surface area contributed by atoms with Crippen molar-refractivity contribution in [1.29, 1.82) is 0 Å². The van der Waals surface area contributed by atoms with Crippen LogP contribution in [0.1, 0.15) is 24.5 Å². The highest BCUT2D eigenvalue weighted by Crippen LogP contribution is 2.28.